The molecule has 1 rings (SSSR count). The molecule has 0 saturated heterocycles. The van der Waals surface area contributed by atoms with E-state index in [4.69, 9.17) is 0 Å². The van der Waals surface area contributed by atoms with Gasteiger partial charge in [0.2, 0.25) is 0 Å². The Labute approximate surface area is 72.7 Å². The van der Waals surface area contributed by atoms with Crippen LogP contribution in [0.1, 0.15) is 10.5 Å². The van der Waals surface area contributed by atoms with Crippen LogP contribution in [0.25, 0.3) is 0 Å². The van der Waals surface area contributed by atoms with Crippen molar-refractivity contribution < 1.29 is 4.79 Å². The van der Waals surface area contributed by atoms with Crippen molar-refractivity contribution in [3.8, 4) is 0 Å². The van der Waals surface area contributed by atoms with Crippen LogP contribution < -0.4 is 10.3 Å². The Bertz CT molecular complexity index is 336. The normalized spacial score (nSPS) is 9.42. The summed E-state index contributed by atoms with van der Waals surface area (Å²) in [5, 5.41) is 0. The summed E-state index contributed by atoms with van der Waals surface area (Å²) in [5.41, 5.74) is -0.218. The van der Waals surface area contributed by atoms with Crippen molar-refractivity contribution in [3.63, 3.8) is 0 Å². The highest BCUT2D eigenvalue weighted by atomic mass is 32.2. The highest BCUT2D eigenvalue weighted by molar-refractivity contribution is 7.97. The van der Waals surface area contributed by atoms with Crippen LogP contribution in [-0.2, 0) is 0 Å². The third kappa shape index (κ3) is 2.09. The van der Waals surface area contributed by atoms with Crippen molar-refractivity contribution in [2.24, 2.45) is 0 Å². The second-order valence-corrected chi connectivity index (χ2v) is 2.54. The van der Waals surface area contributed by atoms with E-state index in [-0.39, 0.29) is 17.2 Å². The molecule has 1 aromatic heterocycles. The molecule has 5 nitrogen and oxygen atoms in total. The van der Waals surface area contributed by atoms with E-state index in [9.17, 15) is 9.59 Å². The molecule has 0 radical (unpaired) electrons. The zero-order chi connectivity index (χ0) is 8.97. The molecule has 1 amide bonds. The first-order valence-electron chi connectivity index (χ1n) is 3.12. The van der Waals surface area contributed by atoms with E-state index in [2.05, 4.69) is 14.7 Å². The zero-order valence-electron chi connectivity index (χ0n) is 6.33. The van der Waals surface area contributed by atoms with Gasteiger partial charge in [0, 0.05) is 12.3 Å². The van der Waals surface area contributed by atoms with Crippen molar-refractivity contribution >= 4 is 17.9 Å². The van der Waals surface area contributed by atoms with Gasteiger partial charge in [-0.1, -0.05) is 11.9 Å². The third-order valence-electron chi connectivity index (χ3n) is 1.11. The number of hydrogen-bond donors (Lipinski definition) is 2. The van der Waals surface area contributed by atoms with Gasteiger partial charge >= 0.3 is 0 Å². The minimum Gasteiger partial charge on any atom is -0.313 e. The van der Waals surface area contributed by atoms with Gasteiger partial charge in [0.1, 0.15) is 5.69 Å². The van der Waals surface area contributed by atoms with Gasteiger partial charge in [-0.25, -0.2) is 4.98 Å². The van der Waals surface area contributed by atoms with Crippen LogP contribution in [0.5, 0.6) is 0 Å². The van der Waals surface area contributed by atoms with E-state index in [0.717, 1.165) is 18.0 Å². The van der Waals surface area contributed by atoms with Crippen molar-refractivity contribution in [1.29, 1.82) is 0 Å². The van der Waals surface area contributed by atoms with Crippen LogP contribution in [0.3, 0.4) is 0 Å². The molecule has 0 spiro atoms. The van der Waals surface area contributed by atoms with Crippen molar-refractivity contribution in [2.45, 2.75) is 0 Å². The highest BCUT2D eigenvalue weighted by Crippen LogP contribution is 1.91. The number of amides is 1. The SMILES string of the molecule is CSNC(=O)c1cc(=O)[nH]cn1. The maximum atomic E-state index is 11.0. The highest BCUT2D eigenvalue weighted by Gasteiger charge is 2.05. The molecule has 0 aliphatic carbocycles. The summed E-state index contributed by atoms with van der Waals surface area (Å²) in [6.45, 7) is 0. The fraction of sp³-hybridized carbons (Fsp3) is 0.167. The third-order valence-corrected chi connectivity index (χ3v) is 1.50. The van der Waals surface area contributed by atoms with Crippen molar-refractivity contribution in [1.82, 2.24) is 14.7 Å². The number of hydrogen-bond acceptors (Lipinski definition) is 4. The quantitative estimate of drug-likeness (QED) is 0.624. The molecule has 6 heteroatoms. The zero-order valence-corrected chi connectivity index (χ0v) is 7.14. The molecule has 12 heavy (non-hydrogen) atoms. The number of nitrogens with one attached hydrogen (secondary N) is 2. The largest absolute Gasteiger partial charge is 0.313 e. The Morgan fingerprint density at radius 2 is 2.50 bits per heavy atom. The number of aromatic amines is 1. The molecule has 2 N–H and O–H groups in total. The smallest absolute Gasteiger partial charge is 0.279 e. The number of rotatable bonds is 2. The molecule has 0 aliphatic rings. The summed E-state index contributed by atoms with van der Waals surface area (Å²) in [4.78, 5) is 27.8. The first-order valence-corrected chi connectivity index (χ1v) is 4.34. The van der Waals surface area contributed by atoms with E-state index in [1.54, 1.807) is 6.26 Å². The second kappa shape index (κ2) is 3.91. The minimum absolute atomic E-state index is 0.119. The lowest BCUT2D eigenvalue weighted by Crippen LogP contribution is -2.19. The summed E-state index contributed by atoms with van der Waals surface area (Å²) < 4.78 is 2.45. The van der Waals surface area contributed by atoms with Gasteiger partial charge in [0.25, 0.3) is 11.5 Å². The van der Waals surface area contributed by atoms with E-state index in [1.807, 2.05) is 0 Å². The van der Waals surface area contributed by atoms with Gasteiger partial charge in [0.05, 0.1) is 6.33 Å². The van der Waals surface area contributed by atoms with Gasteiger partial charge in [-0.05, 0) is 0 Å². The fourth-order valence-electron chi connectivity index (χ4n) is 0.638. The molecule has 0 fully saturated rings. The summed E-state index contributed by atoms with van der Waals surface area (Å²) in [5.74, 6) is -0.367. The number of carbonyl (C=O) groups is 1. The average molecular weight is 185 g/mol. The van der Waals surface area contributed by atoms with Gasteiger partial charge in [-0.2, -0.15) is 0 Å². The lowest BCUT2D eigenvalue weighted by atomic mass is 10.4. The average Bonchev–Trinajstić information content (AvgIpc) is 2.05. The molecule has 0 bridgehead atoms. The van der Waals surface area contributed by atoms with Gasteiger partial charge in [0.15, 0.2) is 0 Å². The number of H-pyrrole nitrogens is 1. The van der Waals surface area contributed by atoms with E-state index < -0.39 is 0 Å². The molecule has 0 aromatic carbocycles. The van der Waals surface area contributed by atoms with Crippen LogP contribution in [-0.4, -0.2) is 22.1 Å². The van der Waals surface area contributed by atoms with Gasteiger partial charge in [-0.15, -0.1) is 0 Å². The Hall–Kier alpha value is -1.30. The fourth-order valence-corrected chi connectivity index (χ4v) is 0.928. The number of carbonyl (C=O) groups excluding carboxylic acids is 1. The van der Waals surface area contributed by atoms with Crippen LogP contribution >= 0.6 is 11.9 Å². The molecule has 1 heterocycles. The topological polar surface area (TPSA) is 74.8 Å². The maximum absolute atomic E-state index is 11.0. The van der Waals surface area contributed by atoms with E-state index in [0.29, 0.717) is 0 Å². The summed E-state index contributed by atoms with van der Waals surface area (Å²) >= 11 is 1.16. The lowest BCUT2D eigenvalue weighted by molar-refractivity contribution is 0.0979. The standard InChI is InChI=1S/C6H7N3O2S/c1-12-9-6(11)4-2-5(10)8-3-7-4/h2-3H,1H3,(H,9,11)(H,7,8,10). The Morgan fingerprint density at radius 3 is 3.08 bits per heavy atom. The monoisotopic (exact) mass is 185 g/mol. The number of aromatic nitrogens is 2. The summed E-state index contributed by atoms with van der Waals surface area (Å²) in [6, 6.07) is 1.14. The van der Waals surface area contributed by atoms with Crippen LogP contribution in [0.2, 0.25) is 0 Å². The minimum atomic E-state index is -0.367. The Kier molecular flexibility index (Phi) is 2.87. The molecular formula is C6H7N3O2S. The van der Waals surface area contributed by atoms with Gasteiger partial charge in [-0.3, -0.25) is 14.3 Å². The van der Waals surface area contributed by atoms with Crippen LogP contribution in [0, 0.1) is 0 Å². The van der Waals surface area contributed by atoms with E-state index >= 15 is 0 Å². The first-order chi connectivity index (χ1) is 5.74. The molecule has 0 atom stereocenters. The van der Waals surface area contributed by atoms with Crippen molar-refractivity contribution in [2.75, 3.05) is 6.26 Å². The molecule has 0 aliphatic heterocycles. The second-order valence-electron chi connectivity index (χ2n) is 1.93. The summed E-state index contributed by atoms with van der Waals surface area (Å²) in [6.07, 6.45) is 2.91. The maximum Gasteiger partial charge on any atom is 0.279 e. The number of nitrogens with zero attached hydrogens (tertiary/aromatic N) is 1. The first kappa shape index (κ1) is 8.79. The molecule has 0 unspecified atom stereocenters. The predicted octanol–water partition coefficient (Wildman–Crippen LogP) is -0.222. The van der Waals surface area contributed by atoms with Crippen LogP contribution in [0.4, 0.5) is 0 Å². The lowest BCUT2D eigenvalue weighted by Gasteiger charge is -1.97. The molecule has 1 aromatic rings. The Morgan fingerprint density at radius 1 is 1.75 bits per heavy atom. The van der Waals surface area contributed by atoms with Gasteiger partial charge < -0.3 is 4.98 Å². The van der Waals surface area contributed by atoms with E-state index in [1.165, 1.54) is 6.33 Å². The Balaban J connectivity index is 2.88. The van der Waals surface area contributed by atoms with Crippen LogP contribution in [0.15, 0.2) is 17.2 Å². The summed E-state index contributed by atoms with van der Waals surface area (Å²) in [7, 11) is 0. The molecule has 64 valence electrons. The molecule has 0 saturated carbocycles. The molecular weight excluding hydrogens is 178 g/mol. The predicted molar refractivity (Wildman–Crippen MR) is 45.8 cm³/mol. The van der Waals surface area contributed by atoms with Crippen molar-refractivity contribution in [3.05, 3.63) is 28.4 Å².